The van der Waals surface area contributed by atoms with Crippen LogP contribution < -0.4 is 5.32 Å². The molecule has 2 aromatic rings. The zero-order valence-electron chi connectivity index (χ0n) is 9.58. The summed E-state index contributed by atoms with van der Waals surface area (Å²) < 4.78 is 0.623. The van der Waals surface area contributed by atoms with Gasteiger partial charge < -0.3 is 5.32 Å². The summed E-state index contributed by atoms with van der Waals surface area (Å²) in [7, 11) is 0. The number of amides is 1. The number of anilines is 1. The molecule has 0 saturated heterocycles. The topological polar surface area (TPSA) is 42.0 Å². The Hall–Kier alpha value is -1.39. The molecule has 0 atom stereocenters. The molecule has 18 heavy (non-hydrogen) atoms. The maximum atomic E-state index is 12.0. The first kappa shape index (κ1) is 13.1. The normalized spacial score (nSPS) is 10.2. The van der Waals surface area contributed by atoms with Crippen LogP contribution in [0.1, 0.15) is 15.9 Å². The van der Waals surface area contributed by atoms with E-state index in [0.717, 1.165) is 5.56 Å². The molecule has 1 aromatic carbocycles. The van der Waals surface area contributed by atoms with Gasteiger partial charge in [-0.3, -0.25) is 4.79 Å². The van der Waals surface area contributed by atoms with Crippen LogP contribution in [0.4, 0.5) is 5.69 Å². The van der Waals surface area contributed by atoms with Crippen molar-refractivity contribution < 1.29 is 4.79 Å². The summed E-state index contributed by atoms with van der Waals surface area (Å²) in [4.78, 5) is 16.0. The fourth-order valence-electron chi connectivity index (χ4n) is 1.47. The molecular formula is C13H10BrClN2O. The van der Waals surface area contributed by atoms with Gasteiger partial charge in [0.15, 0.2) is 0 Å². The first-order valence-electron chi connectivity index (χ1n) is 5.25. The molecule has 0 saturated carbocycles. The van der Waals surface area contributed by atoms with Gasteiger partial charge in [0.25, 0.3) is 5.91 Å². The van der Waals surface area contributed by atoms with Crippen LogP contribution in [-0.4, -0.2) is 10.9 Å². The van der Waals surface area contributed by atoms with Crippen molar-refractivity contribution in [2.45, 2.75) is 6.92 Å². The molecule has 1 amide bonds. The summed E-state index contributed by atoms with van der Waals surface area (Å²) in [5.41, 5.74) is 2.21. The minimum atomic E-state index is -0.191. The second kappa shape index (κ2) is 5.50. The van der Waals surface area contributed by atoms with E-state index in [0.29, 0.717) is 20.9 Å². The summed E-state index contributed by atoms with van der Waals surface area (Å²) in [5, 5.41) is 3.41. The van der Waals surface area contributed by atoms with E-state index in [4.69, 9.17) is 11.6 Å². The van der Waals surface area contributed by atoms with Crippen LogP contribution in [0.3, 0.4) is 0 Å². The number of hydrogen-bond donors (Lipinski definition) is 1. The average molecular weight is 326 g/mol. The molecule has 2 rings (SSSR count). The summed E-state index contributed by atoms with van der Waals surface area (Å²) in [6, 6.07) is 8.69. The van der Waals surface area contributed by atoms with Crippen molar-refractivity contribution in [3.05, 3.63) is 57.3 Å². The van der Waals surface area contributed by atoms with Gasteiger partial charge in [0.05, 0.1) is 0 Å². The highest BCUT2D eigenvalue weighted by Gasteiger charge is 2.08. The van der Waals surface area contributed by atoms with Crippen LogP contribution in [0.15, 0.2) is 41.1 Å². The van der Waals surface area contributed by atoms with E-state index in [-0.39, 0.29) is 5.91 Å². The lowest BCUT2D eigenvalue weighted by molar-refractivity contribution is 0.102. The summed E-state index contributed by atoms with van der Waals surface area (Å²) >= 11 is 9.13. The third-order valence-corrected chi connectivity index (χ3v) is 3.11. The fraction of sp³-hybridized carbons (Fsp3) is 0.0769. The number of pyridine rings is 1. The minimum Gasteiger partial charge on any atom is -0.322 e. The van der Waals surface area contributed by atoms with Crippen molar-refractivity contribution >= 4 is 39.1 Å². The SMILES string of the molecule is Cc1ccc(Cl)cc1NC(=O)c1ccnc(Br)c1. The highest BCUT2D eigenvalue weighted by Crippen LogP contribution is 2.21. The molecule has 5 heteroatoms. The van der Waals surface area contributed by atoms with E-state index >= 15 is 0 Å². The summed E-state index contributed by atoms with van der Waals surface area (Å²) in [6.45, 7) is 1.91. The Morgan fingerprint density at radius 2 is 2.11 bits per heavy atom. The number of carbonyl (C=O) groups is 1. The number of carbonyl (C=O) groups excluding carboxylic acids is 1. The molecule has 0 aliphatic carbocycles. The summed E-state index contributed by atoms with van der Waals surface area (Å²) in [5.74, 6) is -0.191. The number of hydrogen-bond acceptors (Lipinski definition) is 2. The highest BCUT2D eigenvalue weighted by atomic mass is 79.9. The quantitative estimate of drug-likeness (QED) is 0.846. The van der Waals surface area contributed by atoms with Crippen LogP contribution >= 0.6 is 27.5 Å². The van der Waals surface area contributed by atoms with Gasteiger partial charge in [-0.15, -0.1) is 0 Å². The number of benzene rings is 1. The molecule has 0 bridgehead atoms. The molecule has 0 aliphatic heterocycles. The van der Waals surface area contributed by atoms with Gasteiger partial charge in [-0.1, -0.05) is 17.7 Å². The van der Waals surface area contributed by atoms with Crippen LogP contribution in [0.25, 0.3) is 0 Å². The molecule has 3 nitrogen and oxygen atoms in total. The van der Waals surface area contributed by atoms with Crippen LogP contribution in [0, 0.1) is 6.92 Å². The molecule has 0 unspecified atom stereocenters. The number of nitrogens with zero attached hydrogens (tertiary/aromatic N) is 1. The molecule has 1 heterocycles. The number of aromatic nitrogens is 1. The van der Waals surface area contributed by atoms with E-state index in [2.05, 4.69) is 26.2 Å². The van der Waals surface area contributed by atoms with Crippen LogP contribution in [0.2, 0.25) is 5.02 Å². The number of halogens is 2. The van der Waals surface area contributed by atoms with Crippen molar-refractivity contribution in [2.24, 2.45) is 0 Å². The molecule has 0 aliphatic rings. The first-order chi connectivity index (χ1) is 8.56. The predicted octanol–water partition coefficient (Wildman–Crippen LogP) is 4.06. The lowest BCUT2D eigenvalue weighted by Gasteiger charge is -2.08. The largest absolute Gasteiger partial charge is 0.322 e. The van der Waals surface area contributed by atoms with Crippen molar-refractivity contribution in [3.8, 4) is 0 Å². The monoisotopic (exact) mass is 324 g/mol. The van der Waals surface area contributed by atoms with E-state index in [1.807, 2.05) is 13.0 Å². The Morgan fingerprint density at radius 3 is 2.83 bits per heavy atom. The Bertz CT molecular complexity index is 601. The number of rotatable bonds is 2. The number of nitrogens with one attached hydrogen (secondary N) is 1. The molecule has 1 N–H and O–H groups in total. The zero-order valence-corrected chi connectivity index (χ0v) is 11.9. The minimum absolute atomic E-state index is 0.191. The molecular weight excluding hydrogens is 316 g/mol. The van der Waals surface area contributed by atoms with Crippen molar-refractivity contribution in [1.29, 1.82) is 0 Å². The van der Waals surface area contributed by atoms with Gasteiger partial charge in [-0.25, -0.2) is 4.98 Å². The number of aryl methyl sites for hydroxylation is 1. The first-order valence-corrected chi connectivity index (χ1v) is 6.42. The van der Waals surface area contributed by atoms with Gasteiger partial charge in [0, 0.05) is 22.5 Å². The predicted molar refractivity (Wildman–Crippen MR) is 76.1 cm³/mol. The zero-order chi connectivity index (χ0) is 13.1. The van der Waals surface area contributed by atoms with Gasteiger partial charge >= 0.3 is 0 Å². The molecule has 0 fully saturated rings. The van der Waals surface area contributed by atoms with E-state index in [1.54, 1.807) is 30.5 Å². The van der Waals surface area contributed by atoms with Crippen LogP contribution in [-0.2, 0) is 0 Å². The molecule has 0 spiro atoms. The van der Waals surface area contributed by atoms with Gasteiger partial charge in [-0.2, -0.15) is 0 Å². The third kappa shape index (κ3) is 3.09. The molecule has 92 valence electrons. The average Bonchev–Trinajstić information content (AvgIpc) is 2.34. The third-order valence-electron chi connectivity index (χ3n) is 2.44. The lowest BCUT2D eigenvalue weighted by atomic mass is 10.2. The van der Waals surface area contributed by atoms with Gasteiger partial charge in [0.2, 0.25) is 0 Å². The van der Waals surface area contributed by atoms with E-state index in [9.17, 15) is 4.79 Å². The van der Waals surface area contributed by atoms with Gasteiger partial charge in [0.1, 0.15) is 4.60 Å². The second-order valence-corrected chi connectivity index (χ2v) is 5.03. The van der Waals surface area contributed by atoms with Gasteiger partial charge in [-0.05, 0) is 52.7 Å². The Morgan fingerprint density at radius 1 is 1.33 bits per heavy atom. The highest BCUT2D eigenvalue weighted by molar-refractivity contribution is 9.10. The maximum absolute atomic E-state index is 12.0. The Labute approximate surface area is 118 Å². The standard InChI is InChI=1S/C13H10BrClN2O/c1-8-2-3-10(15)7-11(8)17-13(18)9-4-5-16-12(14)6-9/h2-7H,1H3,(H,17,18). The smallest absolute Gasteiger partial charge is 0.255 e. The van der Waals surface area contributed by atoms with Crippen LogP contribution in [0.5, 0.6) is 0 Å². The second-order valence-electron chi connectivity index (χ2n) is 3.78. The maximum Gasteiger partial charge on any atom is 0.255 e. The van der Waals surface area contributed by atoms with E-state index < -0.39 is 0 Å². The Balaban J connectivity index is 2.24. The van der Waals surface area contributed by atoms with Crippen molar-refractivity contribution in [1.82, 2.24) is 4.98 Å². The fourth-order valence-corrected chi connectivity index (χ4v) is 2.00. The van der Waals surface area contributed by atoms with Crippen molar-refractivity contribution in [3.63, 3.8) is 0 Å². The Kier molecular flexibility index (Phi) is 3.99. The van der Waals surface area contributed by atoms with E-state index in [1.165, 1.54) is 0 Å². The summed E-state index contributed by atoms with van der Waals surface area (Å²) in [6.07, 6.45) is 1.57. The van der Waals surface area contributed by atoms with Crippen molar-refractivity contribution in [2.75, 3.05) is 5.32 Å². The molecule has 0 radical (unpaired) electrons. The lowest BCUT2D eigenvalue weighted by Crippen LogP contribution is -2.12. The molecule has 1 aromatic heterocycles.